The van der Waals surface area contributed by atoms with Crippen molar-refractivity contribution in [2.24, 2.45) is 0 Å². The summed E-state index contributed by atoms with van der Waals surface area (Å²) < 4.78 is 25.7. The Morgan fingerprint density at radius 2 is 2.00 bits per heavy atom. The van der Waals surface area contributed by atoms with Crippen LogP contribution in [0.3, 0.4) is 0 Å². The molecule has 0 saturated heterocycles. The first kappa shape index (κ1) is 15.1. The van der Waals surface area contributed by atoms with E-state index in [-0.39, 0.29) is 12.2 Å². The van der Waals surface area contributed by atoms with Gasteiger partial charge in [0, 0.05) is 0 Å². The Kier molecular flexibility index (Phi) is 5.03. The molecule has 0 aliphatic heterocycles. The summed E-state index contributed by atoms with van der Waals surface area (Å²) in [5.74, 6) is -1.52. The van der Waals surface area contributed by atoms with E-state index >= 15 is 0 Å². The number of nitriles is 1. The van der Waals surface area contributed by atoms with Crippen LogP contribution in [0.2, 0.25) is 0 Å². The number of rotatable bonds is 6. The van der Waals surface area contributed by atoms with Crippen LogP contribution < -0.4 is 4.72 Å². The van der Waals surface area contributed by atoms with Crippen LogP contribution in [0, 0.1) is 11.3 Å². The van der Waals surface area contributed by atoms with Crippen molar-refractivity contribution in [3.63, 3.8) is 0 Å². The van der Waals surface area contributed by atoms with Crippen molar-refractivity contribution < 1.29 is 18.3 Å². The Balaban J connectivity index is 2.79. The Morgan fingerprint density at radius 3 is 2.42 bits per heavy atom. The summed E-state index contributed by atoms with van der Waals surface area (Å²) >= 11 is 0. The van der Waals surface area contributed by atoms with Gasteiger partial charge in [-0.15, -0.1) is 0 Å². The second-order valence-electron chi connectivity index (χ2n) is 3.98. The summed E-state index contributed by atoms with van der Waals surface area (Å²) in [6.07, 6.45) is 0.169. The number of hydrogen-bond acceptors (Lipinski definition) is 4. The van der Waals surface area contributed by atoms with Gasteiger partial charge in [0.2, 0.25) is 10.0 Å². The lowest BCUT2D eigenvalue weighted by Crippen LogP contribution is -2.40. The number of carbonyl (C=O) groups is 1. The van der Waals surface area contributed by atoms with Gasteiger partial charge < -0.3 is 5.11 Å². The second-order valence-corrected chi connectivity index (χ2v) is 5.74. The molecule has 0 aliphatic rings. The van der Waals surface area contributed by atoms with Gasteiger partial charge in [0.05, 0.1) is 17.4 Å². The number of carboxylic acid groups (broad SMARTS) is 1. The molecule has 0 aliphatic carbocycles. The zero-order valence-electron chi connectivity index (χ0n) is 10.3. The Hall–Kier alpha value is -1.91. The molecule has 1 rings (SSSR count). The molecule has 1 unspecified atom stereocenters. The van der Waals surface area contributed by atoms with Gasteiger partial charge >= 0.3 is 5.97 Å². The van der Waals surface area contributed by atoms with E-state index in [2.05, 4.69) is 4.72 Å². The third-order valence-corrected chi connectivity index (χ3v) is 3.82. The van der Waals surface area contributed by atoms with Crippen LogP contribution in [0.15, 0.2) is 24.3 Å². The minimum absolute atomic E-state index is 0.169. The van der Waals surface area contributed by atoms with Crippen molar-refractivity contribution in [3.05, 3.63) is 35.4 Å². The molecular weight excluding hydrogens is 268 g/mol. The van der Waals surface area contributed by atoms with Crippen molar-refractivity contribution in [2.45, 2.75) is 25.1 Å². The molecule has 1 aromatic carbocycles. The van der Waals surface area contributed by atoms with Crippen molar-refractivity contribution in [1.82, 2.24) is 4.72 Å². The van der Waals surface area contributed by atoms with Gasteiger partial charge in [-0.1, -0.05) is 19.1 Å². The van der Waals surface area contributed by atoms with Crippen molar-refractivity contribution in [2.75, 3.05) is 0 Å². The van der Waals surface area contributed by atoms with E-state index in [0.717, 1.165) is 0 Å². The third kappa shape index (κ3) is 4.69. The largest absolute Gasteiger partial charge is 0.480 e. The smallest absolute Gasteiger partial charge is 0.321 e. The van der Waals surface area contributed by atoms with Gasteiger partial charge in [-0.2, -0.15) is 5.26 Å². The van der Waals surface area contributed by atoms with Crippen LogP contribution in [0.5, 0.6) is 0 Å². The van der Waals surface area contributed by atoms with Crippen molar-refractivity contribution in [3.8, 4) is 6.07 Å². The lowest BCUT2D eigenvalue weighted by molar-refractivity contribution is -0.139. The Bertz CT molecular complexity index is 587. The first-order valence-electron chi connectivity index (χ1n) is 5.60. The molecule has 0 heterocycles. The fourth-order valence-electron chi connectivity index (χ4n) is 1.46. The highest BCUT2D eigenvalue weighted by Gasteiger charge is 2.22. The lowest BCUT2D eigenvalue weighted by Gasteiger charge is -2.12. The summed E-state index contributed by atoms with van der Waals surface area (Å²) in [4.78, 5) is 10.8. The highest BCUT2D eigenvalue weighted by Crippen LogP contribution is 2.08. The molecule has 1 aromatic rings. The van der Waals surface area contributed by atoms with E-state index in [1.807, 2.05) is 6.07 Å². The monoisotopic (exact) mass is 282 g/mol. The number of hydrogen-bond donors (Lipinski definition) is 2. The fourth-order valence-corrected chi connectivity index (χ4v) is 2.88. The third-order valence-electron chi connectivity index (χ3n) is 2.47. The molecule has 19 heavy (non-hydrogen) atoms. The highest BCUT2D eigenvalue weighted by atomic mass is 32.2. The maximum absolute atomic E-state index is 11.8. The van der Waals surface area contributed by atoms with Crippen LogP contribution in [0.4, 0.5) is 0 Å². The number of sulfonamides is 1. The molecular formula is C12H14N2O4S. The summed E-state index contributed by atoms with van der Waals surface area (Å²) in [5, 5.41) is 17.4. The quantitative estimate of drug-likeness (QED) is 0.804. The average Bonchev–Trinajstić information content (AvgIpc) is 2.36. The Labute approximate surface area is 111 Å². The predicted molar refractivity (Wildman–Crippen MR) is 68.6 cm³/mol. The van der Waals surface area contributed by atoms with Crippen molar-refractivity contribution in [1.29, 1.82) is 5.26 Å². The average molecular weight is 282 g/mol. The van der Waals surface area contributed by atoms with E-state index in [1.165, 1.54) is 24.3 Å². The van der Waals surface area contributed by atoms with Crippen LogP contribution in [-0.2, 0) is 20.6 Å². The molecule has 0 bridgehead atoms. The van der Waals surface area contributed by atoms with Crippen LogP contribution >= 0.6 is 0 Å². The minimum atomic E-state index is -3.72. The fraction of sp³-hybridized carbons (Fsp3) is 0.333. The van der Waals surface area contributed by atoms with Gasteiger partial charge in [0.1, 0.15) is 6.04 Å². The summed E-state index contributed by atoms with van der Waals surface area (Å²) in [6, 6.07) is 6.89. The normalized spacial score (nSPS) is 12.6. The SMILES string of the molecule is CCC(NS(=O)(=O)Cc1ccc(C#N)cc1)C(=O)O. The molecule has 0 saturated carbocycles. The Morgan fingerprint density at radius 1 is 1.42 bits per heavy atom. The summed E-state index contributed by atoms with van der Waals surface area (Å²) in [7, 11) is -3.72. The van der Waals surface area contributed by atoms with E-state index in [4.69, 9.17) is 10.4 Å². The number of benzene rings is 1. The number of aliphatic carboxylic acids is 1. The van der Waals surface area contributed by atoms with Gasteiger partial charge in [0.25, 0.3) is 0 Å². The first-order valence-corrected chi connectivity index (χ1v) is 7.25. The molecule has 1 atom stereocenters. The highest BCUT2D eigenvalue weighted by molar-refractivity contribution is 7.88. The lowest BCUT2D eigenvalue weighted by atomic mass is 10.2. The van der Waals surface area contributed by atoms with E-state index in [1.54, 1.807) is 6.92 Å². The van der Waals surface area contributed by atoms with E-state index < -0.39 is 22.0 Å². The van der Waals surface area contributed by atoms with Gasteiger partial charge in [-0.05, 0) is 24.1 Å². The molecule has 0 aromatic heterocycles. The zero-order valence-corrected chi connectivity index (χ0v) is 11.1. The molecule has 6 nitrogen and oxygen atoms in total. The van der Waals surface area contributed by atoms with Crippen LogP contribution in [-0.4, -0.2) is 25.5 Å². The first-order chi connectivity index (χ1) is 8.88. The summed E-state index contributed by atoms with van der Waals surface area (Å²) in [5.41, 5.74) is 0.929. The topological polar surface area (TPSA) is 107 Å². The van der Waals surface area contributed by atoms with Crippen LogP contribution in [0.25, 0.3) is 0 Å². The maximum atomic E-state index is 11.8. The summed E-state index contributed by atoms with van der Waals surface area (Å²) in [6.45, 7) is 1.59. The molecule has 102 valence electrons. The van der Waals surface area contributed by atoms with Gasteiger partial charge in [-0.3, -0.25) is 4.79 Å². The molecule has 0 spiro atoms. The molecule has 2 N–H and O–H groups in total. The predicted octanol–water partition coefficient (Wildman–Crippen LogP) is 0.841. The number of nitrogens with zero attached hydrogens (tertiary/aromatic N) is 1. The molecule has 7 heteroatoms. The maximum Gasteiger partial charge on any atom is 0.321 e. The molecule has 0 amide bonds. The van der Waals surface area contributed by atoms with E-state index in [9.17, 15) is 13.2 Å². The standard InChI is InChI=1S/C12H14N2O4S/c1-2-11(12(15)16)14-19(17,18)8-10-5-3-9(7-13)4-6-10/h3-6,11,14H,2,8H2,1H3,(H,15,16). The molecule has 0 radical (unpaired) electrons. The zero-order chi connectivity index (χ0) is 14.5. The van der Waals surface area contributed by atoms with E-state index in [0.29, 0.717) is 11.1 Å². The number of carboxylic acids is 1. The van der Waals surface area contributed by atoms with Crippen molar-refractivity contribution >= 4 is 16.0 Å². The second kappa shape index (κ2) is 6.31. The van der Waals surface area contributed by atoms with Gasteiger partial charge in [-0.25, -0.2) is 13.1 Å². The number of nitrogens with one attached hydrogen (secondary N) is 1. The minimum Gasteiger partial charge on any atom is -0.480 e. The van der Waals surface area contributed by atoms with Crippen LogP contribution in [0.1, 0.15) is 24.5 Å². The van der Waals surface area contributed by atoms with Gasteiger partial charge in [0.15, 0.2) is 0 Å². The molecule has 0 fully saturated rings.